The fourth-order valence-corrected chi connectivity index (χ4v) is 3.24. The molecule has 1 aromatic heterocycles. The lowest BCUT2D eigenvalue weighted by Crippen LogP contribution is -2.18. The summed E-state index contributed by atoms with van der Waals surface area (Å²) in [6, 6.07) is 3.70. The number of hydroxylamine groups is 1. The van der Waals surface area contributed by atoms with E-state index >= 15 is 0 Å². The molecule has 172 valence electrons. The molecule has 1 heterocycles. The van der Waals surface area contributed by atoms with Gasteiger partial charge in [-0.3, -0.25) is 10.0 Å². The lowest BCUT2D eigenvalue weighted by atomic mass is 10.1. The van der Waals surface area contributed by atoms with E-state index in [0.29, 0.717) is 30.3 Å². The molecule has 1 aromatic carbocycles. The first kappa shape index (κ1) is 24.9. The van der Waals surface area contributed by atoms with Gasteiger partial charge in [-0.1, -0.05) is 44.2 Å². The molecule has 1 atom stereocenters. The molecule has 0 radical (unpaired) electrons. The molecule has 1 amide bonds. The molecule has 0 aliphatic carbocycles. The zero-order valence-corrected chi connectivity index (χ0v) is 18.8. The monoisotopic (exact) mass is 440 g/mol. The zero-order valence-electron chi connectivity index (χ0n) is 18.8. The highest BCUT2D eigenvalue weighted by Gasteiger charge is 2.14. The van der Waals surface area contributed by atoms with Crippen LogP contribution in [-0.4, -0.2) is 40.8 Å². The van der Waals surface area contributed by atoms with E-state index in [1.165, 1.54) is 6.33 Å². The Morgan fingerprint density at radius 3 is 2.66 bits per heavy atom. The van der Waals surface area contributed by atoms with E-state index in [1.807, 2.05) is 25.1 Å². The molecular formula is C24H32N4O4. The average molecular weight is 441 g/mol. The summed E-state index contributed by atoms with van der Waals surface area (Å²) in [5, 5.41) is 12.7. The Morgan fingerprint density at radius 1 is 1.19 bits per heavy atom. The Hall–Kier alpha value is -3.39. The Morgan fingerprint density at radius 2 is 1.97 bits per heavy atom. The standard InChI is InChI=1S/C24H32N4O4/c1-5-11-18(6-2)17(3)27-24-19-14-22(21(31-4)15-20(19)25-16-26-24)32-13-10-8-7-9-12-23(29)28-30/h5-6,11,14-17,30H,1-2,7-10,12-13H2,3-4H3,(H,28,29)(H,25,26,27)/b18-11+. The first-order valence-corrected chi connectivity index (χ1v) is 10.6. The van der Waals surface area contributed by atoms with Crippen molar-refractivity contribution in [1.82, 2.24) is 15.4 Å². The van der Waals surface area contributed by atoms with E-state index in [0.717, 1.165) is 42.2 Å². The molecule has 8 nitrogen and oxygen atoms in total. The molecule has 2 rings (SSSR count). The van der Waals surface area contributed by atoms with Crippen LogP contribution < -0.4 is 20.3 Å². The van der Waals surface area contributed by atoms with Crippen molar-refractivity contribution in [1.29, 1.82) is 0 Å². The van der Waals surface area contributed by atoms with Gasteiger partial charge in [-0.05, 0) is 31.4 Å². The Kier molecular flexibility index (Phi) is 10.2. The minimum Gasteiger partial charge on any atom is -0.493 e. The summed E-state index contributed by atoms with van der Waals surface area (Å²) in [4.78, 5) is 19.8. The van der Waals surface area contributed by atoms with Gasteiger partial charge in [0.25, 0.3) is 0 Å². The molecule has 0 aliphatic heterocycles. The molecule has 0 fully saturated rings. The summed E-state index contributed by atoms with van der Waals surface area (Å²) >= 11 is 0. The maximum Gasteiger partial charge on any atom is 0.243 e. The van der Waals surface area contributed by atoms with Gasteiger partial charge in [-0.2, -0.15) is 0 Å². The molecule has 0 saturated heterocycles. The maximum atomic E-state index is 11.0. The largest absolute Gasteiger partial charge is 0.493 e. The number of ether oxygens (including phenoxy) is 2. The van der Waals surface area contributed by atoms with Crippen LogP contribution in [-0.2, 0) is 4.79 Å². The van der Waals surface area contributed by atoms with E-state index in [1.54, 1.807) is 24.7 Å². The number of hydrogen-bond acceptors (Lipinski definition) is 7. The summed E-state index contributed by atoms with van der Waals surface area (Å²) in [6.45, 7) is 10.1. The number of carbonyl (C=O) groups is 1. The Balaban J connectivity index is 2.09. The minimum atomic E-state index is -0.358. The van der Waals surface area contributed by atoms with Crippen molar-refractivity contribution in [2.24, 2.45) is 0 Å². The SMILES string of the molecule is C=C/C=C(\C=C)C(C)Nc1ncnc2cc(OC)c(OCCCCCCC(=O)NO)cc12. The highest BCUT2D eigenvalue weighted by Crippen LogP contribution is 2.34. The lowest BCUT2D eigenvalue weighted by molar-refractivity contribution is -0.129. The maximum absolute atomic E-state index is 11.0. The highest BCUT2D eigenvalue weighted by atomic mass is 16.5. The quantitative estimate of drug-likeness (QED) is 0.171. The van der Waals surface area contributed by atoms with Gasteiger partial charge in [0.15, 0.2) is 11.5 Å². The number of fused-ring (bicyclic) bond motifs is 1. The number of amides is 1. The number of hydrogen-bond donors (Lipinski definition) is 3. The molecule has 8 heteroatoms. The fourth-order valence-electron chi connectivity index (χ4n) is 3.24. The van der Waals surface area contributed by atoms with Crippen molar-refractivity contribution in [2.45, 2.75) is 45.1 Å². The second-order valence-electron chi connectivity index (χ2n) is 7.26. The van der Waals surface area contributed by atoms with Gasteiger partial charge >= 0.3 is 0 Å². The van der Waals surface area contributed by atoms with Crippen molar-refractivity contribution < 1.29 is 19.5 Å². The van der Waals surface area contributed by atoms with E-state index in [9.17, 15) is 4.79 Å². The van der Waals surface area contributed by atoms with Crippen LogP contribution in [0.5, 0.6) is 11.5 Å². The molecule has 0 saturated carbocycles. The zero-order chi connectivity index (χ0) is 23.3. The minimum absolute atomic E-state index is 0.0250. The van der Waals surface area contributed by atoms with Crippen LogP contribution in [0.4, 0.5) is 5.82 Å². The van der Waals surface area contributed by atoms with Crippen LogP contribution in [0, 0.1) is 0 Å². The summed E-state index contributed by atoms with van der Waals surface area (Å²) in [6.07, 6.45) is 10.6. The van der Waals surface area contributed by atoms with Crippen molar-refractivity contribution in [3.63, 3.8) is 0 Å². The van der Waals surface area contributed by atoms with Crippen LogP contribution in [0.25, 0.3) is 10.9 Å². The highest BCUT2D eigenvalue weighted by molar-refractivity contribution is 5.91. The number of aromatic nitrogens is 2. The van der Waals surface area contributed by atoms with Gasteiger partial charge in [-0.15, -0.1) is 0 Å². The number of anilines is 1. The lowest BCUT2D eigenvalue weighted by Gasteiger charge is -2.18. The summed E-state index contributed by atoms with van der Waals surface area (Å²) in [5.74, 6) is 1.56. The number of benzene rings is 1. The molecule has 2 aromatic rings. The van der Waals surface area contributed by atoms with Crippen LogP contribution in [0.1, 0.15) is 39.0 Å². The summed E-state index contributed by atoms with van der Waals surface area (Å²) in [5.41, 5.74) is 3.38. The summed E-state index contributed by atoms with van der Waals surface area (Å²) in [7, 11) is 1.60. The van der Waals surface area contributed by atoms with Gasteiger partial charge in [0.2, 0.25) is 5.91 Å². The molecule has 3 N–H and O–H groups in total. The number of allylic oxidation sites excluding steroid dienone is 2. The average Bonchev–Trinajstić information content (AvgIpc) is 2.81. The third-order valence-corrected chi connectivity index (χ3v) is 5.00. The third kappa shape index (κ3) is 7.09. The van der Waals surface area contributed by atoms with E-state index in [-0.39, 0.29) is 11.9 Å². The molecule has 1 unspecified atom stereocenters. The first-order valence-electron chi connectivity index (χ1n) is 10.6. The van der Waals surface area contributed by atoms with Crippen LogP contribution in [0.3, 0.4) is 0 Å². The number of unbranched alkanes of at least 4 members (excludes halogenated alkanes) is 3. The van der Waals surface area contributed by atoms with Crippen molar-refractivity contribution in [3.05, 3.63) is 55.4 Å². The number of rotatable bonds is 14. The number of nitrogens with one attached hydrogen (secondary N) is 2. The van der Waals surface area contributed by atoms with Crippen molar-refractivity contribution in [3.8, 4) is 11.5 Å². The van der Waals surface area contributed by atoms with E-state index in [4.69, 9.17) is 14.7 Å². The van der Waals surface area contributed by atoms with Crippen molar-refractivity contribution >= 4 is 22.6 Å². The predicted octanol–water partition coefficient (Wildman–Crippen LogP) is 4.57. The Bertz CT molecular complexity index is 958. The normalized spacial score (nSPS) is 12.2. The number of nitrogens with zero attached hydrogens (tertiary/aromatic N) is 2. The van der Waals surface area contributed by atoms with E-state index in [2.05, 4.69) is 28.4 Å². The molecular weight excluding hydrogens is 408 g/mol. The Labute approximate surface area is 189 Å². The van der Waals surface area contributed by atoms with Crippen LogP contribution >= 0.6 is 0 Å². The van der Waals surface area contributed by atoms with Gasteiger partial charge < -0.3 is 14.8 Å². The van der Waals surface area contributed by atoms with E-state index < -0.39 is 0 Å². The van der Waals surface area contributed by atoms with Gasteiger partial charge in [0.05, 0.1) is 19.2 Å². The van der Waals surface area contributed by atoms with Gasteiger partial charge in [-0.25, -0.2) is 15.4 Å². The topological polar surface area (TPSA) is 106 Å². The van der Waals surface area contributed by atoms with Crippen molar-refractivity contribution in [2.75, 3.05) is 19.0 Å². The van der Waals surface area contributed by atoms with Crippen LogP contribution in [0.2, 0.25) is 0 Å². The second kappa shape index (κ2) is 13.1. The number of methoxy groups -OCH3 is 1. The third-order valence-electron chi connectivity index (χ3n) is 5.00. The number of carbonyl (C=O) groups excluding carboxylic acids is 1. The smallest absolute Gasteiger partial charge is 0.243 e. The second-order valence-corrected chi connectivity index (χ2v) is 7.26. The van der Waals surface area contributed by atoms with Gasteiger partial charge in [0, 0.05) is 23.9 Å². The first-order chi connectivity index (χ1) is 15.5. The van der Waals surface area contributed by atoms with Crippen LogP contribution in [0.15, 0.2) is 55.4 Å². The summed E-state index contributed by atoms with van der Waals surface area (Å²) < 4.78 is 11.5. The molecule has 0 aliphatic rings. The molecule has 0 bridgehead atoms. The molecule has 0 spiro atoms. The molecule has 32 heavy (non-hydrogen) atoms. The predicted molar refractivity (Wildman–Crippen MR) is 126 cm³/mol. The van der Waals surface area contributed by atoms with Gasteiger partial charge in [0.1, 0.15) is 12.1 Å². The fraction of sp³-hybridized carbons (Fsp3) is 0.375.